The molecule has 2 atom stereocenters. The van der Waals surface area contributed by atoms with Crippen LogP contribution in [-0.4, -0.2) is 68.3 Å². The average Bonchev–Trinajstić information content (AvgIpc) is 3.54. The molecular formula is C27H29BN6O5. The molecule has 12 heteroatoms. The van der Waals surface area contributed by atoms with Crippen LogP contribution in [0.2, 0.25) is 0 Å². The van der Waals surface area contributed by atoms with Gasteiger partial charge in [0.2, 0.25) is 6.29 Å². The molecule has 3 aliphatic heterocycles. The van der Waals surface area contributed by atoms with Gasteiger partial charge in [-0.15, -0.1) is 0 Å². The second-order valence-electron chi connectivity index (χ2n) is 11.3. The Hall–Kier alpha value is -3.74. The van der Waals surface area contributed by atoms with Crippen molar-refractivity contribution in [3.63, 3.8) is 0 Å². The summed E-state index contributed by atoms with van der Waals surface area (Å²) in [5.41, 5.74) is 8.65. The van der Waals surface area contributed by atoms with Gasteiger partial charge in [-0.05, 0) is 45.3 Å². The molecule has 0 aliphatic carbocycles. The minimum absolute atomic E-state index is 0.214. The number of nitrogens with two attached hydrogens (primary N) is 1. The molecule has 7 rings (SSSR count). The van der Waals surface area contributed by atoms with E-state index in [1.165, 1.54) is 0 Å². The number of hydrogen-bond donors (Lipinski definition) is 1. The third kappa shape index (κ3) is 3.55. The standard InChI is InChI=1S/C27H29BN6O5/c1-26(2)27(3,4)39-28(38-26)14-6-7-15-20(10-14)37-25-22(15)34(8-9-36-25)24(35)18-11-16-19(13-30-18)32-23(29)17-12-31-33(5)21(16)17/h6-7,10-13,22,25H,8-9H2,1-5H3,(H2,29,32)/t22-,25+/m1/s1. The fourth-order valence-corrected chi connectivity index (χ4v) is 5.56. The molecule has 0 radical (unpaired) electrons. The van der Waals surface area contributed by atoms with E-state index in [0.29, 0.717) is 35.9 Å². The number of benzene rings is 1. The molecule has 11 nitrogen and oxygen atoms in total. The highest BCUT2D eigenvalue weighted by Gasteiger charge is 2.52. The minimum atomic E-state index is -0.614. The zero-order valence-corrected chi connectivity index (χ0v) is 22.5. The van der Waals surface area contributed by atoms with Crippen molar-refractivity contribution in [1.82, 2.24) is 24.6 Å². The van der Waals surface area contributed by atoms with E-state index in [9.17, 15) is 4.79 Å². The van der Waals surface area contributed by atoms with Crippen LogP contribution in [0, 0.1) is 0 Å². The van der Waals surface area contributed by atoms with Gasteiger partial charge in [0.15, 0.2) is 0 Å². The lowest BCUT2D eigenvalue weighted by atomic mass is 9.78. The molecule has 0 spiro atoms. The highest BCUT2D eigenvalue weighted by Crippen LogP contribution is 2.43. The van der Waals surface area contributed by atoms with Crippen LogP contribution in [0.15, 0.2) is 36.7 Å². The molecule has 1 aromatic carbocycles. The van der Waals surface area contributed by atoms with E-state index in [1.54, 1.807) is 28.0 Å². The van der Waals surface area contributed by atoms with Crippen molar-refractivity contribution >= 4 is 46.1 Å². The van der Waals surface area contributed by atoms with Gasteiger partial charge in [0.25, 0.3) is 5.91 Å². The van der Waals surface area contributed by atoms with Crippen molar-refractivity contribution in [3.8, 4) is 5.75 Å². The first-order chi connectivity index (χ1) is 18.5. The summed E-state index contributed by atoms with van der Waals surface area (Å²) in [4.78, 5) is 24.6. The smallest absolute Gasteiger partial charge is 0.462 e. The van der Waals surface area contributed by atoms with E-state index in [2.05, 4.69) is 15.1 Å². The molecule has 2 fully saturated rings. The molecule has 3 aliphatic rings. The van der Waals surface area contributed by atoms with Crippen molar-refractivity contribution in [3.05, 3.63) is 47.9 Å². The van der Waals surface area contributed by atoms with Gasteiger partial charge in [-0.1, -0.05) is 12.1 Å². The summed E-state index contributed by atoms with van der Waals surface area (Å²) < 4.78 is 26.3. The highest BCUT2D eigenvalue weighted by atomic mass is 16.7. The number of aromatic nitrogens is 4. The lowest BCUT2D eigenvalue weighted by molar-refractivity contribution is -0.140. The molecule has 2 N–H and O–H groups in total. The van der Waals surface area contributed by atoms with Crippen LogP contribution < -0.4 is 15.9 Å². The summed E-state index contributed by atoms with van der Waals surface area (Å²) in [6.07, 6.45) is 2.65. The summed E-state index contributed by atoms with van der Waals surface area (Å²) in [7, 11) is 1.32. The third-order valence-corrected chi connectivity index (χ3v) is 8.41. The van der Waals surface area contributed by atoms with Gasteiger partial charge in [-0.3, -0.25) is 9.48 Å². The maximum Gasteiger partial charge on any atom is 0.494 e. The predicted molar refractivity (Wildman–Crippen MR) is 145 cm³/mol. The summed E-state index contributed by atoms with van der Waals surface area (Å²) >= 11 is 0. The van der Waals surface area contributed by atoms with Crippen molar-refractivity contribution in [1.29, 1.82) is 0 Å². The number of fused-ring (bicyclic) bond motifs is 6. The Bertz CT molecular complexity index is 1650. The van der Waals surface area contributed by atoms with Gasteiger partial charge in [0, 0.05) is 24.5 Å². The topological polar surface area (TPSA) is 127 Å². The van der Waals surface area contributed by atoms with Crippen LogP contribution in [0.25, 0.3) is 21.8 Å². The average molecular weight is 528 g/mol. The highest BCUT2D eigenvalue weighted by molar-refractivity contribution is 6.62. The number of rotatable bonds is 2. The quantitative estimate of drug-likeness (QED) is 0.390. The second-order valence-corrected chi connectivity index (χ2v) is 11.3. The zero-order valence-electron chi connectivity index (χ0n) is 22.5. The van der Waals surface area contributed by atoms with Crippen molar-refractivity contribution in [2.75, 3.05) is 18.9 Å². The lowest BCUT2D eigenvalue weighted by Crippen LogP contribution is -2.47. The number of ether oxygens (including phenoxy) is 2. The van der Waals surface area contributed by atoms with E-state index >= 15 is 0 Å². The number of aryl methyl sites for hydroxylation is 1. The zero-order chi connectivity index (χ0) is 27.3. The third-order valence-electron chi connectivity index (χ3n) is 8.41. The van der Waals surface area contributed by atoms with Crippen molar-refractivity contribution in [2.24, 2.45) is 7.05 Å². The molecular weight excluding hydrogens is 499 g/mol. The molecule has 1 amide bonds. The molecule has 3 aromatic heterocycles. The molecule has 39 heavy (non-hydrogen) atoms. The number of nitrogens with zero attached hydrogens (tertiary/aromatic N) is 5. The van der Waals surface area contributed by atoms with Gasteiger partial charge in [-0.25, -0.2) is 9.97 Å². The summed E-state index contributed by atoms with van der Waals surface area (Å²) in [6.45, 7) is 8.84. The first kappa shape index (κ1) is 24.3. The Labute approximate surface area is 225 Å². The first-order valence-corrected chi connectivity index (χ1v) is 13.0. The maximum absolute atomic E-state index is 13.9. The van der Waals surface area contributed by atoms with E-state index in [0.717, 1.165) is 27.3 Å². The molecule has 2 saturated heterocycles. The maximum atomic E-state index is 13.9. The first-order valence-electron chi connectivity index (χ1n) is 13.0. The number of hydrogen-bond acceptors (Lipinski definition) is 9. The molecule has 0 saturated carbocycles. The van der Waals surface area contributed by atoms with Crippen LogP contribution >= 0.6 is 0 Å². The van der Waals surface area contributed by atoms with Gasteiger partial charge >= 0.3 is 7.12 Å². The largest absolute Gasteiger partial charge is 0.494 e. The second kappa shape index (κ2) is 8.14. The Morgan fingerprint density at radius 1 is 1.10 bits per heavy atom. The number of anilines is 1. The van der Waals surface area contributed by atoms with Crippen LogP contribution in [0.1, 0.15) is 49.8 Å². The molecule has 6 heterocycles. The fourth-order valence-electron chi connectivity index (χ4n) is 5.56. The molecule has 0 bridgehead atoms. The SMILES string of the molecule is Cn1ncc2c(N)nc3cnc(C(=O)N4CCO[C@H]5Oc6cc(B7OC(C)(C)C(C)(C)O7)ccc6[C@H]54)cc3c21. The van der Waals surface area contributed by atoms with Gasteiger partial charge < -0.3 is 29.4 Å². The Morgan fingerprint density at radius 3 is 2.64 bits per heavy atom. The fraction of sp³-hybridized carbons (Fsp3) is 0.407. The lowest BCUT2D eigenvalue weighted by Gasteiger charge is -2.36. The van der Waals surface area contributed by atoms with Crippen molar-refractivity contribution in [2.45, 2.75) is 51.2 Å². The summed E-state index contributed by atoms with van der Waals surface area (Å²) in [6, 6.07) is 7.21. The normalized spacial score (nSPS) is 23.2. The van der Waals surface area contributed by atoms with Crippen LogP contribution in [0.4, 0.5) is 5.82 Å². The molecule has 0 unspecified atom stereocenters. The number of morpholine rings is 1. The van der Waals surface area contributed by atoms with Crippen LogP contribution in [0.3, 0.4) is 0 Å². The number of amides is 1. The molecule has 200 valence electrons. The number of pyridine rings is 2. The Kier molecular flexibility index (Phi) is 5.07. The van der Waals surface area contributed by atoms with E-state index < -0.39 is 30.7 Å². The van der Waals surface area contributed by atoms with E-state index in [4.69, 9.17) is 24.5 Å². The van der Waals surface area contributed by atoms with E-state index in [-0.39, 0.29) is 5.91 Å². The van der Waals surface area contributed by atoms with Gasteiger partial charge in [-0.2, -0.15) is 5.10 Å². The summed E-state index contributed by atoms with van der Waals surface area (Å²) in [5, 5.41) is 5.82. The Morgan fingerprint density at radius 2 is 1.87 bits per heavy atom. The summed E-state index contributed by atoms with van der Waals surface area (Å²) in [5.74, 6) is 0.815. The van der Waals surface area contributed by atoms with E-state index in [1.807, 2.05) is 52.9 Å². The molecule has 4 aromatic rings. The minimum Gasteiger partial charge on any atom is -0.462 e. The number of nitrogen functional groups attached to an aromatic ring is 1. The van der Waals surface area contributed by atoms with Crippen molar-refractivity contribution < 1.29 is 23.6 Å². The number of carbonyl (C=O) groups excluding carboxylic acids is 1. The van der Waals surface area contributed by atoms with Gasteiger partial charge in [0.1, 0.15) is 23.3 Å². The number of carbonyl (C=O) groups is 1. The van der Waals surface area contributed by atoms with Gasteiger partial charge in [0.05, 0.1) is 46.6 Å². The Balaban J connectivity index is 1.22. The monoisotopic (exact) mass is 528 g/mol. The predicted octanol–water partition coefficient (Wildman–Crippen LogP) is 2.33. The van der Waals surface area contributed by atoms with Crippen LogP contribution in [0.5, 0.6) is 5.75 Å². The van der Waals surface area contributed by atoms with Crippen LogP contribution in [-0.2, 0) is 21.1 Å².